The average molecular weight is 195 g/mol. The predicted octanol–water partition coefficient (Wildman–Crippen LogP) is 3.59. The van der Waals surface area contributed by atoms with Gasteiger partial charge in [0.25, 0.3) is 0 Å². The molecule has 0 aromatic carbocycles. The maximum atomic E-state index is 5.90. The van der Waals surface area contributed by atoms with E-state index in [0.717, 1.165) is 25.0 Å². The molecule has 0 fully saturated rings. The van der Waals surface area contributed by atoms with Crippen LogP contribution in [-0.2, 0) is 0 Å². The fraction of sp³-hybridized carbons (Fsp3) is 0.667. The lowest BCUT2D eigenvalue weighted by atomic mass is 9.96. The Labute approximate surface area is 86.5 Å². The molecule has 0 amide bonds. The zero-order valence-corrected chi connectivity index (χ0v) is 9.42. The summed E-state index contributed by atoms with van der Waals surface area (Å²) in [4.78, 5) is 0. The number of hydrogen-bond donors (Lipinski definition) is 1. The predicted molar refractivity (Wildman–Crippen MR) is 59.3 cm³/mol. The van der Waals surface area contributed by atoms with Gasteiger partial charge in [-0.15, -0.1) is 0 Å². The molecule has 2 nitrogen and oxygen atoms in total. The van der Waals surface area contributed by atoms with Crippen LogP contribution < -0.4 is 5.73 Å². The molecule has 1 aromatic heterocycles. The number of furan rings is 1. The van der Waals surface area contributed by atoms with Crippen molar-refractivity contribution in [2.75, 3.05) is 0 Å². The maximum Gasteiger partial charge on any atom is 0.120 e. The molecule has 0 radical (unpaired) electrons. The van der Waals surface area contributed by atoms with Crippen molar-refractivity contribution in [3.63, 3.8) is 0 Å². The Morgan fingerprint density at radius 2 is 1.86 bits per heavy atom. The highest BCUT2D eigenvalue weighted by molar-refractivity contribution is 5.19. The Morgan fingerprint density at radius 1 is 1.21 bits per heavy atom. The highest BCUT2D eigenvalue weighted by Gasteiger charge is 2.13. The van der Waals surface area contributed by atoms with E-state index in [2.05, 4.69) is 26.8 Å². The van der Waals surface area contributed by atoms with E-state index in [1.165, 1.54) is 5.56 Å². The molecular weight excluding hydrogens is 174 g/mol. The monoisotopic (exact) mass is 195 g/mol. The van der Waals surface area contributed by atoms with Gasteiger partial charge in [0.05, 0.1) is 12.3 Å². The second-order valence-corrected chi connectivity index (χ2v) is 3.81. The number of hydrogen-bond acceptors (Lipinski definition) is 2. The van der Waals surface area contributed by atoms with E-state index in [0.29, 0.717) is 5.92 Å². The van der Waals surface area contributed by atoms with Crippen molar-refractivity contribution >= 4 is 0 Å². The Kier molecular flexibility index (Phi) is 4.21. The van der Waals surface area contributed by atoms with E-state index < -0.39 is 0 Å². The summed E-state index contributed by atoms with van der Waals surface area (Å²) in [6, 6.07) is 2.17. The summed E-state index contributed by atoms with van der Waals surface area (Å²) in [6.07, 6.45) is 5.12. The molecule has 14 heavy (non-hydrogen) atoms. The van der Waals surface area contributed by atoms with Crippen molar-refractivity contribution in [1.29, 1.82) is 0 Å². The summed E-state index contributed by atoms with van der Waals surface area (Å²) in [5.74, 6) is 1.55. The van der Waals surface area contributed by atoms with Gasteiger partial charge in [-0.05, 0) is 36.8 Å². The summed E-state index contributed by atoms with van der Waals surface area (Å²) in [6.45, 7) is 6.49. The van der Waals surface area contributed by atoms with Gasteiger partial charge in [0.2, 0.25) is 0 Å². The zero-order chi connectivity index (χ0) is 10.6. The van der Waals surface area contributed by atoms with Crippen molar-refractivity contribution in [3.05, 3.63) is 23.7 Å². The standard InChI is InChI=1S/C12H21NO/c1-4-9(5-2)10-7-12(14-8-10)11(13)6-3/h7-9,11H,4-6,13H2,1-3H3/t11-/m1/s1. The largest absolute Gasteiger partial charge is 0.467 e. The summed E-state index contributed by atoms with van der Waals surface area (Å²) in [5, 5.41) is 0. The lowest BCUT2D eigenvalue weighted by molar-refractivity contribution is 0.457. The maximum absolute atomic E-state index is 5.90. The molecule has 1 rings (SSSR count). The second kappa shape index (κ2) is 5.20. The van der Waals surface area contributed by atoms with E-state index >= 15 is 0 Å². The van der Waals surface area contributed by atoms with Crippen molar-refractivity contribution in [2.24, 2.45) is 5.73 Å². The normalized spacial score (nSPS) is 13.5. The first-order valence-corrected chi connectivity index (χ1v) is 5.56. The smallest absolute Gasteiger partial charge is 0.120 e. The molecular formula is C12H21NO. The summed E-state index contributed by atoms with van der Waals surface area (Å²) >= 11 is 0. The number of nitrogens with two attached hydrogens (primary N) is 1. The van der Waals surface area contributed by atoms with E-state index in [4.69, 9.17) is 10.2 Å². The molecule has 1 atom stereocenters. The minimum absolute atomic E-state index is 0.0538. The molecule has 0 bridgehead atoms. The Balaban J connectivity index is 2.76. The molecule has 0 spiro atoms. The molecule has 1 heterocycles. The molecule has 2 heteroatoms. The summed E-state index contributed by atoms with van der Waals surface area (Å²) in [5.41, 5.74) is 7.20. The Bertz CT molecular complexity index is 263. The van der Waals surface area contributed by atoms with Gasteiger partial charge in [0.1, 0.15) is 5.76 Å². The van der Waals surface area contributed by atoms with E-state index in [9.17, 15) is 0 Å². The van der Waals surface area contributed by atoms with Crippen molar-refractivity contribution in [1.82, 2.24) is 0 Å². The van der Waals surface area contributed by atoms with Crippen molar-refractivity contribution in [2.45, 2.75) is 52.0 Å². The fourth-order valence-electron chi connectivity index (χ4n) is 1.74. The molecule has 1 aromatic rings. The van der Waals surface area contributed by atoms with Crippen LogP contribution in [0.15, 0.2) is 16.7 Å². The summed E-state index contributed by atoms with van der Waals surface area (Å²) < 4.78 is 5.48. The minimum atomic E-state index is 0.0538. The third kappa shape index (κ3) is 2.38. The van der Waals surface area contributed by atoms with Crippen LogP contribution >= 0.6 is 0 Å². The molecule has 0 aliphatic heterocycles. The Hall–Kier alpha value is -0.760. The van der Waals surface area contributed by atoms with Gasteiger partial charge in [-0.3, -0.25) is 0 Å². The van der Waals surface area contributed by atoms with Crippen LogP contribution in [0.25, 0.3) is 0 Å². The first-order chi connectivity index (χ1) is 6.72. The highest BCUT2D eigenvalue weighted by atomic mass is 16.3. The average Bonchev–Trinajstić information content (AvgIpc) is 2.68. The van der Waals surface area contributed by atoms with Crippen LogP contribution in [0.1, 0.15) is 63.3 Å². The Morgan fingerprint density at radius 3 is 2.36 bits per heavy atom. The lowest BCUT2D eigenvalue weighted by Gasteiger charge is -2.08. The van der Waals surface area contributed by atoms with Gasteiger partial charge in [0, 0.05) is 0 Å². The topological polar surface area (TPSA) is 39.2 Å². The molecule has 0 unspecified atom stereocenters. The van der Waals surface area contributed by atoms with Gasteiger partial charge in [-0.25, -0.2) is 0 Å². The van der Waals surface area contributed by atoms with Crippen LogP contribution in [0, 0.1) is 0 Å². The first-order valence-electron chi connectivity index (χ1n) is 5.56. The van der Waals surface area contributed by atoms with Crippen LogP contribution in [0.2, 0.25) is 0 Å². The third-order valence-corrected chi connectivity index (χ3v) is 2.90. The molecule has 80 valence electrons. The molecule has 0 saturated heterocycles. The molecule has 0 aliphatic rings. The molecule has 2 N–H and O–H groups in total. The van der Waals surface area contributed by atoms with Crippen molar-refractivity contribution < 1.29 is 4.42 Å². The van der Waals surface area contributed by atoms with Crippen molar-refractivity contribution in [3.8, 4) is 0 Å². The van der Waals surface area contributed by atoms with Crippen LogP contribution in [-0.4, -0.2) is 0 Å². The first kappa shape index (κ1) is 11.3. The van der Waals surface area contributed by atoms with Gasteiger partial charge >= 0.3 is 0 Å². The third-order valence-electron chi connectivity index (χ3n) is 2.90. The van der Waals surface area contributed by atoms with Crippen LogP contribution in [0.5, 0.6) is 0 Å². The highest BCUT2D eigenvalue weighted by Crippen LogP contribution is 2.27. The van der Waals surface area contributed by atoms with Gasteiger partial charge in [0.15, 0.2) is 0 Å². The van der Waals surface area contributed by atoms with Crippen LogP contribution in [0.4, 0.5) is 0 Å². The van der Waals surface area contributed by atoms with Gasteiger partial charge < -0.3 is 10.2 Å². The zero-order valence-electron chi connectivity index (χ0n) is 9.42. The SMILES string of the molecule is CCC(CC)c1coc([C@H](N)CC)c1. The second-order valence-electron chi connectivity index (χ2n) is 3.81. The van der Waals surface area contributed by atoms with Gasteiger partial charge in [-0.1, -0.05) is 20.8 Å². The molecule has 0 aliphatic carbocycles. The quantitative estimate of drug-likeness (QED) is 0.779. The van der Waals surface area contributed by atoms with Crippen LogP contribution in [0.3, 0.4) is 0 Å². The summed E-state index contributed by atoms with van der Waals surface area (Å²) in [7, 11) is 0. The number of rotatable bonds is 5. The van der Waals surface area contributed by atoms with E-state index in [1.54, 1.807) is 0 Å². The lowest BCUT2D eigenvalue weighted by Crippen LogP contribution is -2.07. The van der Waals surface area contributed by atoms with E-state index in [1.807, 2.05) is 6.26 Å². The van der Waals surface area contributed by atoms with Gasteiger partial charge in [-0.2, -0.15) is 0 Å². The van der Waals surface area contributed by atoms with E-state index in [-0.39, 0.29) is 6.04 Å². The molecule has 0 saturated carbocycles. The minimum Gasteiger partial charge on any atom is -0.467 e. The fourth-order valence-corrected chi connectivity index (χ4v) is 1.74.